The fourth-order valence-corrected chi connectivity index (χ4v) is 1.73. The highest BCUT2D eigenvalue weighted by Crippen LogP contribution is 2.54. The van der Waals surface area contributed by atoms with Gasteiger partial charge in [-0.3, -0.25) is 0 Å². The van der Waals surface area contributed by atoms with Crippen LogP contribution in [0.4, 0.5) is 26.3 Å². The fraction of sp³-hybridized carbons (Fsp3) is 1.00. The number of hydrogen-bond donors (Lipinski definition) is 1. The van der Waals surface area contributed by atoms with Gasteiger partial charge in [0.05, 0.1) is 11.5 Å². The van der Waals surface area contributed by atoms with Crippen molar-refractivity contribution in [3.05, 3.63) is 0 Å². The Morgan fingerprint density at radius 2 is 1.60 bits per heavy atom. The van der Waals surface area contributed by atoms with Crippen molar-refractivity contribution in [1.29, 1.82) is 0 Å². The summed E-state index contributed by atoms with van der Waals surface area (Å²) in [6, 6.07) is 0. The Balaban J connectivity index is 3.07. The van der Waals surface area contributed by atoms with Crippen molar-refractivity contribution in [2.24, 2.45) is 0 Å². The van der Waals surface area contributed by atoms with Crippen molar-refractivity contribution < 1.29 is 31.4 Å². The Kier molecular flexibility index (Phi) is 2.93. The first-order valence-electron chi connectivity index (χ1n) is 3.97. The molecule has 8 heteroatoms. The van der Waals surface area contributed by atoms with E-state index in [1.54, 1.807) is 0 Å². The molecule has 1 aliphatic carbocycles. The van der Waals surface area contributed by atoms with Crippen LogP contribution in [0.2, 0.25) is 0 Å². The van der Waals surface area contributed by atoms with Crippen LogP contribution in [-0.4, -0.2) is 34.4 Å². The number of aliphatic hydroxyl groups excluding tert-OH is 1. The van der Waals surface area contributed by atoms with E-state index in [0.29, 0.717) is 0 Å². The summed E-state index contributed by atoms with van der Waals surface area (Å²) >= 11 is 5.16. The fourth-order valence-electron chi connectivity index (χ4n) is 1.43. The van der Waals surface area contributed by atoms with Crippen molar-refractivity contribution in [1.82, 2.24) is 0 Å². The Morgan fingerprint density at radius 1 is 1.13 bits per heavy atom. The van der Waals surface area contributed by atoms with Crippen LogP contribution >= 0.6 is 11.6 Å². The molecule has 1 nitrogen and oxygen atoms in total. The van der Waals surface area contributed by atoms with E-state index in [1.165, 1.54) is 0 Å². The molecule has 0 aliphatic heterocycles. The highest BCUT2D eigenvalue weighted by molar-refractivity contribution is 6.21. The maximum Gasteiger partial charge on any atom is 0.428 e. The molecule has 0 saturated heterocycles. The first kappa shape index (κ1) is 12.9. The van der Waals surface area contributed by atoms with Crippen LogP contribution in [0.15, 0.2) is 0 Å². The van der Waals surface area contributed by atoms with E-state index >= 15 is 0 Å². The summed E-state index contributed by atoms with van der Waals surface area (Å²) in [6.45, 7) is 0. The molecule has 1 aliphatic rings. The van der Waals surface area contributed by atoms with Crippen LogP contribution in [0, 0.1) is 0 Å². The van der Waals surface area contributed by atoms with Crippen LogP contribution < -0.4 is 0 Å². The highest BCUT2D eigenvalue weighted by Gasteiger charge is 2.73. The van der Waals surface area contributed by atoms with Gasteiger partial charge in [-0.1, -0.05) is 0 Å². The summed E-state index contributed by atoms with van der Waals surface area (Å²) in [5.74, 6) is -4.66. The number of alkyl halides is 7. The molecule has 1 rings (SSSR count). The normalized spacial score (nSPS) is 41.6. The molecule has 15 heavy (non-hydrogen) atoms. The van der Waals surface area contributed by atoms with E-state index in [0.717, 1.165) is 0 Å². The van der Waals surface area contributed by atoms with Crippen molar-refractivity contribution in [2.75, 3.05) is 0 Å². The lowest BCUT2D eigenvalue weighted by Crippen LogP contribution is -2.62. The molecule has 3 atom stereocenters. The van der Waals surface area contributed by atoms with Crippen LogP contribution in [-0.2, 0) is 0 Å². The lowest BCUT2D eigenvalue weighted by atomic mass is 9.80. The van der Waals surface area contributed by atoms with Gasteiger partial charge < -0.3 is 5.11 Å². The molecule has 0 amide bonds. The third-order valence-electron chi connectivity index (χ3n) is 2.39. The first-order chi connectivity index (χ1) is 6.51. The summed E-state index contributed by atoms with van der Waals surface area (Å²) in [7, 11) is 0. The average Bonchev–Trinajstić information content (AvgIpc) is 1.98. The molecule has 90 valence electrons. The second-order valence-corrected chi connectivity index (χ2v) is 4.06. The highest BCUT2D eigenvalue weighted by atomic mass is 35.5. The number of rotatable bonds is 0. The van der Waals surface area contributed by atoms with Gasteiger partial charge in [0.1, 0.15) is 0 Å². The molecule has 1 saturated carbocycles. The molecule has 1 fully saturated rings. The van der Waals surface area contributed by atoms with Gasteiger partial charge in [-0.05, 0) is 0 Å². The Hall–Kier alpha value is -0.170. The van der Waals surface area contributed by atoms with Crippen LogP contribution in [0.25, 0.3) is 0 Å². The summed E-state index contributed by atoms with van der Waals surface area (Å²) in [5.41, 5.74) is -4.66. The molecule has 3 unspecified atom stereocenters. The van der Waals surface area contributed by atoms with Crippen LogP contribution in [0.3, 0.4) is 0 Å². The third kappa shape index (κ3) is 1.91. The molecule has 0 heterocycles. The largest absolute Gasteiger partial charge is 0.428 e. The Bertz CT molecular complexity index is 254. The van der Waals surface area contributed by atoms with Crippen LogP contribution in [0.1, 0.15) is 12.8 Å². The Morgan fingerprint density at radius 3 is 2.00 bits per heavy atom. The van der Waals surface area contributed by atoms with E-state index in [-0.39, 0.29) is 0 Å². The second-order valence-electron chi connectivity index (χ2n) is 3.49. The van der Waals surface area contributed by atoms with Gasteiger partial charge in [-0.2, -0.15) is 13.2 Å². The second kappa shape index (κ2) is 3.41. The minimum absolute atomic E-state index is 1.63. The lowest BCUT2D eigenvalue weighted by molar-refractivity contribution is -0.319. The van der Waals surface area contributed by atoms with Crippen molar-refractivity contribution in [3.8, 4) is 0 Å². The zero-order chi connectivity index (χ0) is 12.1. The topological polar surface area (TPSA) is 20.2 Å². The Labute approximate surface area is 86.0 Å². The molecule has 0 aromatic carbocycles. The van der Waals surface area contributed by atoms with E-state index in [2.05, 4.69) is 0 Å². The third-order valence-corrected chi connectivity index (χ3v) is 2.83. The maximum absolute atomic E-state index is 13.2. The molecule has 1 N–H and O–H groups in total. The summed E-state index contributed by atoms with van der Waals surface area (Å²) in [5, 5.41) is 7.20. The lowest BCUT2D eigenvalue weighted by Gasteiger charge is -2.42. The van der Waals surface area contributed by atoms with Crippen molar-refractivity contribution in [2.45, 2.75) is 42.1 Å². The first-order valence-corrected chi connectivity index (χ1v) is 4.40. The standard InChI is InChI=1S/C7H7ClF6O/c8-3-1-5(9,7(12,13)14)6(10,11)2-4(3)15/h3-4,15H,1-2H2. The molecule has 0 bridgehead atoms. The average molecular weight is 257 g/mol. The van der Waals surface area contributed by atoms with Gasteiger partial charge in [0, 0.05) is 12.8 Å². The number of hydrogen-bond acceptors (Lipinski definition) is 1. The molecule has 0 aromatic rings. The molecular weight excluding hydrogens is 250 g/mol. The van der Waals surface area contributed by atoms with Gasteiger partial charge in [0.15, 0.2) is 0 Å². The predicted molar refractivity (Wildman–Crippen MR) is 39.7 cm³/mol. The van der Waals surface area contributed by atoms with Crippen LogP contribution in [0.5, 0.6) is 0 Å². The molecule has 0 aromatic heterocycles. The van der Waals surface area contributed by atoms with Gasteiger partial charge in [-0.15, -0.1) is 11.6 Å². The van der Waals surface area contributed by atoms with E-state index in [1.807, 2.05) is 0 Å². The zero-order valence-corrected chi connectivity index (χ0v) is 7.92. The molecule has 0 radical (unpaired) electrons. The van der Waals surface area contributed by atoms with E-state index in [9.17, 15) is 26.3 Å². The minimum atomic E-state index is -5.70. The predicted octanol–water partition coefficient (Wildman–Crippen LogP) is 2.65. The number of halogens is 7. The monoisotopic (exact) mass is 256 g/mol. The van der Waals surface area contributed by atoms with E-state index < -0.39 is 42.1 Å². The van der Waals surface area contributed by atoms with Gasteiger partial charge >= 0.3 is 6.18 Å². The minimum Gasteiger partial charge on any atom is -0.391 e. The van der Waals surface area contributed by atoms with E-state index in [4.69, 9.17) is 16.7 Å². The quantitative estimate of drug-likeness (QED) is 0.522. The molecular formula is C7H7ClF6O. The van der Waals surface area contributed by atoms with Crippen molar-refractivity contribution >= 4 is 11.6 Å². The SMILES string of the molecule is OC1CC(F)(F)C(F)(C(F)(F)F)CC1Cl. The van der Waals surface area contributed by atoms with Gasteiger partial charge in [0.25, 0.3) is 11.6 Å². The summed E-state index contributed by atoms with van der Waals surface area (Å²) in [6.07, 6.45) is -10.8. The van der Waals surface area contributed by atoms with Gasteiger partial charge in [0.2, 0.25) is 0 Å². The smallest absolute Gasteiger partial charge is 0.391 e. The van der Waals surface area contributed by atoms with Crippen molar-refractivity contribution in [3.63, 3.8) is 0 Å². The maximum atomic E-state index is 13.2. The van der Waals surface area contributed by atoms with Gasteiger partial charge in [-0.25, -0.2) is 13.2 Å². The summed E-state index contributed by atoms with van der Waals surface area (Å²) in [4.78, 5) is 0. The summed E-state index contributed by atoms with van der Waals surface area (Å²) < 4.78 is 75.3. The molecule has 0 spiro atoms. The number of aliphatic hydroxyl groups is 1. The zero-order valence-electron chi connectivity index (χ0n) is 7.16.